The molecule has 0 aromatic rings. The number of aliphatic hydroxyl groups is 1. The number of ether oxygens (including phenoxy) is 1. The number of thioether (sulfide) groups is 1. The maximum absolute atomic E-state index is 17.1. The molecule has 4 aliphatic carbocycles. The second kappa shape index (κ2) is 8.50. The average molecular weight is 501 g/mol. The molecule has 0 spiro atoms. The summed E-state index contributed by atoms with van der Waals surface area (Å²) in [6.45, 7) is 4.66. The molecule has 3 saturated carbocycles. The Kier molecular flexibility index (Phi) is 6.37. The number of esters is 1. The van der Waals surface area contributed by atoms with Crippen LogP contribution < -0.4 is 0 Å². The largest absolute Gasteiger partial charge is 0.449 e. The Bertz CT molecular complexity index is 968. The number of alkyl halides is 3. The Balaban J connectivity index is 1.81. The fraction of sp³-hybridized carbons (Fsp3) is 0.720. The summed E-state index contributed by atoms with van der Waals surface area (Å²) in [6, 6.07) is -1.00. The van der Waals surface area contributed by atoms with Gasteiger partial charge in [-0.25, -0.2) is 13.2 Å². The monoisotopic (exact) mass is 500 g/mol. The minimum atomic E-state index is -1.86. The van der Waals surface area contributed by atoms with Gasteiger partial charge in [0.25, 0.3) is 0 Å². The molecule has 0 aliphatic heterocycles. The van der Waals surface area contributed by atoms with E-state index in [1.165, 1.54) is 18.2 Å². The predicted octanol–water partition coefficient (Wildman–Crippen LogP) is 4.43. The van der Waals surface area contributed by atoms with Crippen molar-refractivity contribution in [3.63, 3.8) is 0 Å². The lowest BCUT2D eigenvalue weighted by Gasteiger charge is -2.61. The summed E-state index contributed by atoms with van der Waals surface area (Å²) in [5.41, 5.74) is -5.75. The normalized spacial score (nSPS) is 45.1. The summed E-state index contributed by atoms with van der Waals surface area (Å²) in [4.78, 5) is 37.8. The minimum absolute atomic E-state index is 0.0245. The van der Waals surface area contributed by atoms with Crippen molar-refractivity contribution in [1.82, 2.24) is 0 Å². The smallest absolute Gasteiger partial charge is 0.309 e. The van der Waals surface area contributed by atoms with E-state index in [4.69, 9.17) is 4.74 Å². The predicted molar refractivity (Wildman–Crippen MR) is 121 cm³/mol. The van der Waals surface area contributed by atoms with Crippen molar-refractivity contribution in [2.45, 2.75) is 70.3 Å². The number of allylic oxidation sites excluding steroid dienone is 4. The molecule has 1 N–H and O–H groups in total. The molecule has 5 nitrogen and oxygen atoms in total. The molecule has 0 bridgehead atoms. The molecule has 4 rings (SSSR count). The van der Waals surface area contributed by atoms with Gasteiger partial charge < -0.3 is 9.84 Å². The summed E-state index contributed by atoms with van der Waals surface area (Å²) in [5.74, 6) is -2.99. The van der Waals surface area contributed by atoms with Gasteiger partial charge in [-0.3, -0.25) is 14.4 Å². The van der Waals surface area contributed by atoms with Gasteiger partial charge in [-0.2, -0.15) is 0 Å². The third kappa shape index (κ3) is 3.21. The Morgan fingerprint density at radius 2 is 1.94 bits per heavy atom. The zero-order chi connectivity index (χ0) is 25.1. The number of carbonyl (C=O) groups excluding carboxylic acids is 3. The van der Waals surface area contributed by atoms with E-state index in [2.05, 4.69) is 0 Å². The maximum Gasteiger partial charge on any atom is 0.309 e. The van der Waals surface area contributed by atoms with E-state index < -0.39 is 69.7 Å². The van der Waals surface area contributed by atoms with E-state index >= 15 is 8.78 Å². The van der Waals surface area contributed by atoms with Crippen molar-refractivity contribution in [2.75, 3.05) is 12.6 Å². The Hall–Kier alpha value is -1.61. The zero-order valence-electron chi connectivity index (χ0n) is 19.6. The first kappa shape index (κ1) is 25.5. The standard InChI is InChI=1S/C25H31F3O5S/c1-14-10-16-17-12-19(27)18-11-15(30)4-6-22(18,2)24(17,28)8-7-23(16,3)25(14,21(32)34-13-26)33-20(31)5-9-29/h4,6,11,14,16-17,19,29H,5,7-10,12-13H2,1-3H3/t14-,16?,17?,19+,22+,23+,24?,25+/m1/s1. The van der Waals surface area contributed by atoms with Crippen LogP contribution in [0.15, 0.2) is 23.8 Å². The van der Waals surface area contributed by atoms with Crippen LogP contribution in [-0.2, 0) is 19.1 Å². The highest BCUT2D eigenvalue weighted by atomic mass is 32.2. The number of hydrogen-bond acceptors (Lipinski definition) is 6. The second-order valence-corrected chi connectivity index (χ2v) is 11.5. The second-order valence-electron chi connectivity index (χ2n) is 10.6. The molecule has 9 heteroatoms. The third-order valence-electron chi connectivity index (χ3n) is 9.27. The van der Waals surface area contributed by atoms with Crippen LogP contribution in [0.1, 0.15) is 52.9 Å². The SMILES string of the molecule is C[C@@H]1CC2C3C[C@H](F)C4=CC(=O)C=C[C@]4(C)C3(F)CC[C@]2(C)[C@@]1(OC(=O)CCO)C(=O)SCF. The molecule has 0 aromatic heterocycles. The van der Waals surface area contributed by atoms with Crippen LogP contribution in [0.25, 0.3) is 0 Å². The van der Waals surface area contributed by atoms with Gasteiger partial charge in [-0.05, 0) is 68.0 Å². The van der Waals surface area contributed by atoms with Crippen molar-refractivity contribution in [2.24, 2.45) is 28.6 Å². The molecule has 34 heavy (non-hydrogen) atoms. The van der Waals surface area contributed by atoms with Gasteiger partial charge in [0.1, 0.15) is 17.8 Å². The fourth-order valence-corrected chi connectivity index (χ4v) is 8.37. The molecule has 4 aliphatic rings. The first-order valence-electron chi connectivity index (χ1n) is 11.8. The van der Waals surface area contributed by atoms with Crippen molar-refractivity contribution in [3.8, 4) is 0 Å². The molecule has 3 unspecified atom stereocenters. The van der Waals surface area contributed by atoms with Crippen LogP contribution in [0.2, 0.25) is 0 Å². The highest BCUT2D eigenvalue weighted by molar-refractivity contribution is 8.13. The lowest BCUT2D eigenvalue weighted by Crippen LogP contribution is -2.65. The van der Waals surface area contributed by atoms with E-state index in [-0.39, 0.29) is 37.0 Å². The zero-order valence-corrected chi connectivity index (χ0v) is 20.4. The van der Waals surface area contributed by atoms with E-state index in [9.17, 15) is 23.9 Å². The summed E-state index contributed by atoms with van der Waals surface area (Å²) in [7, 11) is 0. The minimum Gasteiger partial charge on any atom is -0.449 e. The highest BCUT2D eigenvalue weighted by Crippen LogP contribution is 2.72. The maximum atomic E-state index is 17.1. The van der Waals surface area contributed by atoms with Crippen LogP contribution in [0.5, 0.6) is 0 Å². The van der Waals surface area contributed by atoms with Gasteiger partial charge in [-0.1, -0.05) is 19.9 Å². The van der Waals surface area contributed by atoms with Gasteiger partial charge in [0.15, 0.2) is 11.4 Å². The molecule has 188 valence electrons. The molecular formula is C25H31F3O5S. The Morgan fingerprint density at radius 3 is 2.59 bits per heavy atom. The number of rotatable bonds is 5. The van der Waals surface area contributed by atoms with Crippen molar-refractivity contribution >= 4 is 28.6 Å². The number of halogens is 3. The molecule has 0 radical (unpaired) electrons. The van der Waals surface area contributed by atoms with Crippen LogP contribution in [-0.4, -0.2) is 52.0 Å². The van der Waals surface area contributed by atoms with Crippen molar-refractivity contribution < 1.29 is 37.4 Å². The quantitative estimate of drug-likeness (QED) is 0.563. The number of carbonyl (C=O) groups is 3. The van der Waals surface area contributed by atoms with Crippen LogP contribution >= 0.6 is 11.8 Å². The number of hydrogen-bond donors (Lipinski definition) is 1. The third-order valence-corrected chi connectivity index (χ3v) is 9.94. The summed E-state index contributed by atoms with van der Waals surface area (Å²) >= 11 is 0.421. The van der Waals surface area contributed by atoms with Crippen molar-refractivity contribution in [1.29, 1.82) is 0 Å². The molecule has 8 atom stereocenters. The van der Waals surface area contributed by atoms with Crippen LogP contribution in [0.3, 0.4) is 0 Å². The number of ketones is 1. The molecule has 0 heterocycles. The lowest BCUT2D eigenvalue weighted by molar-refractivity contribution is -0.200. The molecular weight excluding hydrogens is 469 g/mol. The first-order valence-corrected chi connectivity index (χ1v) is 12.7. The fourth-order valence-electron chi connectivity index (χ4n) is 7.58. The highest BCUT2D eigenvalue weighted by Gasteiger charge is 2.75. The van der Waals surface area contributed by atoms with Crippen LogP contribution in [0, 0.1) is 28.6 Å². The first-order chi connectivity index (χ1) is 15.9. The average Bonchev–Trinajstić information content (AvgIpc) is 2.99. The van der Waals surface area contributed by atoms with Crippen LogP contribution in [0.4, 0.5) is 13.2 Å². The summed E-state index contributed by atoms with van der Waals surface area (Å²) in [5, 5.41) is 8.56. The van der Waals surface area contributed by atoms with Gasteiger partial charge in [-0.15, -0.1) is 0 Å². The van der Waals surface area contributed by atoms with Gasteiger partial charge >= 0.3 is 5.97 Å². The van der Waals surface area contributed by atoms with Gasteiger partial charge in [0, 0.05) is 22.7 Å². The molecule has 0 amide bonds. The van der Waals surface area contributed by atoms with E-state index in [0.29, 0.717) is 18.2 Å². The molecule has 0 saturated heterocycles. The summed E-state index contributed by atoms with van der Waals surface area (Å²) in [6.07, 6.45) is 2.43. The molecule has 0 aromatic carbocycles. The van der Waals surface area contributed by atoms with E-state index in [1.807, 2.05) is 0 Å². The Morgan fingerprint density at radius 1 is 1.24 bits per heavy atom. The number of fused-ring (bicyclic) bond motifs is 5. The lowest BCUT2D eigenvalue weighted by atomic mass is 9.45. The Labute approximate surface area is 201 Å². The van der Waals surface area contributed by atoms with E-state index in [1.54, 1.807) is 20.8 Å². The summed E-state index contributed by atoms with van der Waals surface area (Å²) < 4.78 is 51.7. The number of aliphatic hydroxyl groups excluding tert-OH is 1. The topological polar surface area (TPSA) is 80.7 Å². The molecule has 3 fully saturated rings. The van der Waals surface area contributed by atoms with Gasteiger partial charge in [0.05, 0.1) is 13.0 Å². The van der Waals surface area contributed by atoms with E-state index in [0.717, 1.165) is 0 Å². The van der Waals surface area contributed by atoms with Gasteiger partial charge in [0.2, 0.25) is 5.12 Å². The van der Waals surface area contributed by atoms with Crippen molar-refractivity contribution in [3.05, 3.63) is 23.8 Å².